The summed E-state index contributed by atoms with van der Waals surface area (Å²) in [6, 6.07) is 11.4. The molecule has 0 aliphatic rings. The summed E-state index contributed by atoms with van der Waals surface area (Å²) in [6.45, 7) is 0. The lowest BCUT2D eigenvalue weighted by atomic mass is 10.2. The monoisotopic (exact) mass is 234 g/mol. The summed E-state index contributed by atoms with van der Waals surface area (Å²) < 4.78 is 0. The molecule has 0 spiro atoms. The Bertz CT molecular complexity index is 583. The zero-order valence-corrected chi connectivity index (χ0v) is 9.56. The van der Waals surface area contributed by atoms with E-state index in [1.165, 1.54) is 0 Å². The Morgan fingerprint density at radius 1 is 0.722 bits per heavy atom. The normalized spacial score (nSPS) is 10.2. The van der Waals surface area contributed by atoms with E-state index < -0.39 is 0 Å². The van der Waals surface area contributed by atoms with Gasteiger partial charge in [0.1, 0.15) is 5.69 Å². The van der Waals surface area contributed by atoms with Gasteiger partial charge in [0.2, 0.25) is 0 Å². The largest absolute Gasteiger partial charge is 0.264 e. The minimum Gasteiger partial charge on any atom is -0.264 e. The highest BCUT2D eigenvalue weighted by molar-refractivity contribution is 5.61. The van der Waals surface area contributed by atoms with Crippen molar-refractivity contribution in [2.75, 3.05) is 0 Å². The van der Waals surface area contributed by atoms with Crippen molar-refractivity contribution in [3.63, 3.8) is 0 Å². The summed E-state index contributed by atoms with van der Waals surface area (Å²) >= 11 is 0. The molecule has 0 aromatic carbocycles. The molecule has 4 heteroatoms. The van der Waals surface area contributed by atoms with Gasteiger partial charge in [0.05, 0.1) is 5.69 Å². The lowest BCUT2D eigenvalue weighted by molar-refractivity contribution is 1.14. The molecule has 0 unspecified atom stereocenters. The van der Waals surface area contributed by atoms with Crippen LogP contribution in [0.4, 0.5) is 0 Å². The van der Waals surface area contributed by atoms with E-state index in [0.29, 0.717) is 5.82 Å². The van der Waals surface area contributed by atoms with Gasteiger partial charge in [-0.3, -0.25) is 4.98 Å². The molecular formula is C14H10N4. The van der Waals surface area contributed by atoms with Crippen LogP contribution in [0.2, 0.25) is 0 Å². The van der Waals surface area contributed by atoms with E-state index in [1.54, 1.807) is 30.9 Å². The van der Waals surface area contributed by atoms with Crippen molar-refractivity contribution in [1.29, 1.82) is 0 Å². The Balaban J connectivity index is 2.05. The van der Waals surface area contributed by atoms with Crippen LogP contribution >= 0.6 is 0 Å². The van der Waals surface area contributed by atoms with Crippen molar-refractivity contribution < 1.29 is 0 Å². The zero-order chi connectivity index (χ0) is 12.2. The molecule has 3 aromatic rings. The molecule has 0 atom stereocenters. The lowest BCUT2D eigenvalue weighted by Gasteiger charge is -2.02. The van der Waals surface area contributed by atoms with Crippen LogP contribution in [0.15, 0.2) is 61.2 Å². The summed E-state index contributed by atoms with van der Waals surface area (Å²) in [7, 11) is 0. The summed E-state index contributed by atoms with van der Waals surface area (Å²) in [5.74, 6) is 0.628. The Hall–Kier alpha value is -2.62. The molecule has 0 saturated heterocycles. The summed E-state index contributed by atoms with van der Waals surface area (Å²) in [5.41, 5.74) is 2.61. The minimum absolute atomic E-state index is 0.628. The van der Waals surface area contributed by atoms with Crippen LogP contribution in [0.25, 0.3) is 22.8 Å². The summed E-state index contributed by atoms with van der Waals surface area (Å²) in [5, 5.41) is 0. The standard InChI is InChI=1S/C14H10N4/c1-5-12(11-4-2-7-15-10-11)18-13(6-1)14-16-8-3-9-17-14/h1-10H. The first-order valence-corrected chi connectivity index (χ1v) is 5.58. The van der Waals surface area contributed by atoms with E-state index in [0.717, 1.165) is 17.0 Å². The van der Waals surface area contributed by atoms with Crippen molar-refractivity contribution in [3.8, 4) is 22.8 Å². The van der Waals surface area contributed by atoms with Gasteiger partial charge < -0.3 is 0 Å². The van der Waals surface area contributed by atoms with Crippen LogP contribution in [0.3, 0.4) is 0 Å². The predicted octanol–water partition coefficient (Wildman–Crippen LogP) is 2.60. The molecule has 3 aromatic heterocycles. The topological polar surface area (TPSA) is 51.6 Å². The van der Waals surface area contributed by atoms with E-state index in [-0.39, 0.29) is 0 Å². The minimum atomic E-state index is 0.628. The fourth-order valence-electron chi connectivity index (χ4n) is 1.67. The van der Waals surface area contributed by atoms with Gasteiger partial charge in [0, 0.05) is 30.4 Å². The molecule has 0 amide bonds. The second-order valence-electron chi connectivity index (χ2n) is 3.72. The molecule has 0 bridgehead atoms. The Kier molecular flexibility index (Phi) is 2.75. The average Bonchev–Trinajstić information content (AvgIpc) is 2.49. The van der Waals surface area contributed by atoms with Gasteiger partial charge in [0.15, 0.2) is 5.82 Å². The highest BCUT2D eigenvalue weighted by Crippen LogP contribution is 2.19. The van der Waals surface area contributed by atoms with E-state index in [9.17, 15) is 0 Å². The number of pyridine rings is 2. The van der Waals surface area contributed by atoms with E-state index in [1.807, 2.05) is 30.3 Å². The second kappa shape index (κ2) is 4.71. The third-order valence-corrected chi connectivity index (χ3v) is 2.50. The van der Waals surface area contributed by atoms with Gasteiger partial charge in [-0.1, -0.05) is 6.07 Å². The van der Waals surface area contributed by atoms with Crippen molar-refractivity contribution in [2.45, 2.75) is 0 Å². The maximum absolute atomic E-state index is 4.55. The predicted molar refractivity (Wildman–Crippen MR) is 68.5 cm³/mol. The van der Waals surface area contributed by atoms with Crippen LogP contribution < -0.4 is 0 Å². The second-order valence-corrected chi connectivity index (χ2v) is 3.72. The fraction of sp³-hybridized carbons (Fsp3) is 0. The number of hydrogen-bond donors (Lipinski definition) is 0. The molecule has 0 aliphatic heterocycles. The van der Waals surface area contributed by atoms with Crippen molar-refractivity contribution in [2.24, 2.45) is 0 Å². The zero-order valence-electron chi connectivity index (χ0n) is 9.56. The average molecular weight is 234 g/mol. The molecule has 0 fully saturated rings. The van der Waals surface area contributed by atoms with Gasteiger partial charge in [-0.25, -0.2) is 15.0 Å². The van der Waals surface area contributed by atoms with Crippen LogP contribution in [0.5, 0.6) is 0 Å². The van der Waals surface area contributed by atoms with Gasteiger partial charge >= 0.3 is 0 Å². The smallest absolute Gasteiger partial charge is 0.178 e. The third kappa shape index (κ3) is 2.08. The molecule has 3 rings (SSSR count). The quantitative estimate of drug-likeness (QED) is 0.684. The molecule has 3 heterocycles. The molecule has 0 radical (unpaired) electrons. The van der Waals surface area contributed by atoms with E-state index in [4.69, 9.17) is 0 Å². The van der Waals surface area contributed by atoms with Crippen LogP contribution in [-0.4, -0.2) is 19.9 Å². The molecule has 0 aliphatic carbocycles. The van der Waals surface area contributed by atoms with E-state index >= 15 is 0 Å². The van der Waals surface area contributed by atoms with Crippen LogP contribution in [0.1, 0.15) is 0 Å². The highest BCUT2D eigenvalue weighted by atomic mass is 14.9. The molecular weight excluding hydrogens is 224 g/mol. The van der Waals surface area contributed by atoms with Gasteiger partial charge in [-0.15, -0.1) is 0 Å². The number of hydrogen-bond acceptors (Lipinski definition) is 4. The highest BCUT2D eigenvalue weighted by Gasteiger charge is 2.04. The summed E-state index contributed by atoms with van der Waals surface area (Å²) in [6.07, 6.45) is 6.95. The first-order valence-electron chi connectivity index (χ1n) is 5.58. The van der Waals surface area contributed by atoms with Crippen molar-refractivity contribution >= 4 is 0 Å². The van der Waals surface area contributed by atoms with E-state index in [2.05, 4.69) is 19.9 Å². The number of rotatable bonds is 2. The van der Waals surface area contributed by atoms with Gasteiger partial charge in [-0.05, 0) is 30.3 Å². The van der Waals surface area contributed by atoms with Crippen LogP contribution in [-0.2, 0) is 0 Å². The first kappa shape index (κ1) is 10.5. The molecule has 0 saturated carbocycles. The maximum Gasteiger partial charge on any atom is 0.178 e. The number of nitrogens with zero attached hydrogens (tertiary/aromatic N) is 4. The Morgan fingerprint density at radius 3 is 2.33 bits per heavy atom. The lowest BCUT2D eigenvalue weighted by Crippen LogP contribution is -1.92. The van der Waals surface area contributed by atoms with Gasteiger partial charge in [0.25, 0.3) is 0 Å². The van der Waals surface area contributed by atoms with Crippen LogP contribution in [0, 0.1) is 0 Å². The summed E-state index contributed by atoms with van der Waals surface area (Å²) in [4.78, 5) is 17.0. The Labute approximate surface area is 104 Å². The van der Waals surface area contributed by atoms with Crippen molar-refractivity contribution in [1.82, 2.24) is 19.9 Å². The SMILES string of the molecule is c1cnc(-c2cccc(-c3cccnc3)n2)nc1. The molecule has 18 heavy (non-hydrogen) atoms. The number of aromatic nitrogens is 4. The third-order valence-electron chi connectivity index (χ3n) is 2.50. The first-order chi connectivity index (χ1) is 8.93. The molecule has 86 valence electrons. The maximum atomic E-state index is 4.55. The molecule has 0 N–H and O–H groups in total. The molecule has 4 nitrogen and oxygen atoms in total. The van der Waals surface area contributed by atoms with Gasteiger partial charge in [-0.2, -0.15) is 0 Å². The van der Waals surface area contributed by atoms with Crippen molar-refractivity contribution in [3.05, 3.63) is 61.2 Å². The Morgan fingerprint density at radius 2 is 1.56 bits per heavy atom. The fourth-order valence-corrected chi connectivity index (χ4v) is 1.67.